The summed E-state index contributed by atoms with van der Waals surface area (Å²) in [5, 5.41) is 5.61. The van der Waals surface area contributed by atoms with E-state index in [-0.39, 0.29) is 10.5 Å². The third-order valence-corrected chi connectivity index (χ3v) is 4.73. The van der Waals surface area contributed by atoms with Crippen molar-refractivity contribution in [2.45, 2.75) is 37.2 Å². The van der Waals surface area contributed by atoms with Gasteiger partial charge in [0.05, 0.1) is 12.2 Å². The molecule has 1 N–H and O–H groups in total. The minimum Gasteiger partial charge on any atom is -0.375 e. The van der Waals surface area contributed by atoms with Crippen LogP contribution in [0.25, 0.3) is 0 Å². The van der Waals surface area contributed by atoms with Crippen molar-refractivity contribution in [3.05, 3.63) is 35.9 Å². The molecule has 2 aliphatic heterocycles. The standard InChI is InChI=1S/C14H18N2OS/c1-13(2)10-14(8-9-17-13)16-15-12(18-14)11-6-4-3-5-7-11/h3-7,16H,8-10H2,1-2H3/t14-/m1/s1. The molecule has 0 amide bonds. The lowest BCUT2D eigenvalue weighted by Crippen LogP contribution is -2.49. The molecule has 1 aromatic rings. The van der Waals surface area contributed by atoms with Crippen molar-refractivity contribution in [2.75, 3.05) is 6.61 Å². The summed E-state index contributed by atoms with van der Waals surface area (Å²) in [7, 11) is 0. The van der Waals surface area contributed by atoms with Crippen LogP contribution < -0.4 is 5.43 Å². The number of hydrogen-bond acceptors (Lipinski definition) is 4. The van der Waals surface area contributed by atoms with E-state index >= 15 is 0 Å². The number of hydrazone groups is 1. The number of thioether (sulfide) groups is 1. The molecule has 0 aliphatic carbocycles. The molecule has 4 heteroatoms. The topological polar surface area (TPSA) is 33.6 Å². The number of rotatable bonds is 1. The van der Waals surface area contributed by atoms with Crippen molar-refractivity contribution in [3.63, 3.8) is 0 Å². The van der Waals surface area contributed by atoms with Crippen LogP contribution in [0.2, 0.25) is 0 Å². The van der Waals surface area contributed by atoms with Crippen LogP contribution in [0.3, 0.4) is 0 Å². The lowest BCUT2D eigenvalue weighted by atomic mass is 9.94. The van der Waals surface area contributed by atoms with E-state index in [0.29, 0.717) is 0 Å². The maximum atomic E-state index is 5.79. The predicted octanol–water partition coefficient (Wildman–Crippen LogP) is 2.97. The van der Waals surface area contributed by atoms with Crippen LogP contribution in [0.4, 0.5) is 0 Å². The summed E-state index contributed by atoms with van der Waals surface area (Å²) >= 11 is 1.85. The van der Waals surface area contributed by atoms with Crippen molar-refractivity contribution < 1.29 is 4.74 Å². The first-order chi connectivity index (χ1) is 8.59. The Balaban J connectivity index is 1.78. The van der Waals surface area contributed by atoms with E-state index in [9.17, 15) is 0 Å². The minimum absolute atomic E-state index is 0.0208. The average Bonchev–Trinajstić information content (AvgIpc) is 2.72. The van der Waals surface area contributed by atoms with Gasteiger partial charge in [-0.1, -0.05) is 42.1 Å². The molecule has 96 valence electrons. The Hall–Kier alpha value is -1.00. The summed E-state index contributed by atoms with van der Waals surface area (Å²) in [5.74, 6) is 0. The molecule has 1 spiro atoms. The van der Waals surface area contributed by atoms with Crippen LogP contribution in [-0.2, 0) is 4.74 Å². The lowest BCUT2D eigenvalue weighted by molar-refractivity contribution is -0.0683. The van der Waals surface area contributed by atoms with Crippen molar-refractivity contribution in [1.82, 2.24) is 5.43 Å². The van der Waals surface area contributed by atoms with E-state index in [2.05, 4.69) is 48.6 Å². The number of hydrogen-bond donors (Lipinski definition) is 1. The Kier molecular flexibility index (Phi) is 2.87. The molecule has 1 fully saturated rings. The normalized spacial score (nSPS) is 30.0. The molecule has 1 aromatic carbocycles. The van der Waals surface area contributed by atoms with Gasteiger partial charge in [0.15, 0.2) is 0 Å². The SMILES string of the molecule is CC1(C)C[C@]2(CCO1)NN=C(c1ccccc1)S2. The maximum absolute atomic E-state index is 5.79. The van der Waals surface area contributed by atoms with Gasteiger partial charge >= 0.3 is 0 Å². The van der Waals surface area contributed by atoms with Gasteiger partial charge in [0.1, 0.15) is 9.91 Å². The highest BCUT2D eigenvalue weighted by Gasteiger charge is 2.45. The third-order valence-electron chi connectivity index (χ3n) is 3.38. The number of benzene rings is 1. The van der Waals surface area contributed by atoms with Gasteiger partial charge in [-0.2, -0.15) is 5.10 Å². The number of nitrogens with zero attached hydrogens (tertiary/aromatic N) is 1. The van der Waals surface area contributed by atoms with Crippen molar-refractivity contribution in [3.8, 4) is 0 Å². The maximum Gasteiger partial charge on any atom is 0.126 e. The van der Waals surface area contributed by atoms with Gasteiger partial charge in [-0.25, -0.2) is 0 Å². The summed E-state index contributed by atoms with van der Waals surface area (Å²) in [6, 6.07) is 10.4. The van der Waals surface area contributed by atoms with E-state index in [0.717, 1.165) is 24.5 Å². The van der Waals surface area contributed by atoms with Gasteiger partial charge in [-0.05, 0) is 13.8 Å². The van der Waals surface area contributed by atoms with Crippen molar-refractivity contribution >= 4 is 16.8 Å². The Labute approximate surface area is 112 Å². The van der Waals surface area contributed by atoms with E-state index < -0.39 is 0 Å². The van der Waals surface area contributed by atoms with E-state index in [4.69, 9.17) is 4.74 Å². The Morgan fingerprint density at radius 3 is 2.78 bits per heavy atom. The van der Waals surface area contributed by atoms with E-state index in [1.165, 1.54) is 5.56 Å². The Bertz CT molecular complexity index is 472. The second-order valence-electron chi connectivity index (χ2n) is 5.53. The lowest BCUT2D eigenvalue weighted by Gasteiger charge is -2.41. The Morgan fingerprint density at radius 1 is 1.28 bits per heavy atom. The molecule has 0 unspecified atom stereocenters. The van der Waals surface area contributed by atoms with Crippen molar-refractivity contribution in [1.29, 1.82) is 0 Å². The fourth-order valence-electron chi connectivity index (χ4n) is 2.59. The van der Waals surface area contributed by atoms with Crippen LogP contribution in [-0.4, -0.2) is 22.1 Å². The highest BCUT2D eigenvalue weighted by Crippen LogP contribution is 2.44. The molecule has 0 bridgehead atoms. The van der Waals surface area contributed by atoms with Gasteiger partial charge in [0.25, 0.3) is 0 Å². The summed E-state index contributed by atoms with van der Waals surface area (Å²) in [4.78, 5) is 0.0208. The molecule has 2 aliphatic rings. The monoisotopic (exact) mass is 262 g/mol. The molecule has 1 atom stereocenters. The average molecular weight is 262 g/mol. The first-order valence-electron chi connectivity index (χ1n) is 6.32. The molecule has 0 aromatic heterocycles. The molecule has 3 rings (SSSR count). The zero-order valence-electron chi connectivity index (χ0n) is 10.8. The Morgan fingerprint density at radius 2 is 2.06 bits per heavy atom. The molecule has 2 heterocycles. The fraction of sp³-hybridized carbons (Fsp3) is 0.500. The van der Waals surface area contributed by atoms with Crippen molar-refractivity contribution in [2.24, 2.45) is 5.10 Å². The smallest absolute Gasteiger partial charge is 0.126 e. The fourth-order valence-corrected chi connectivity index (χ4v) is 4.00. The first kappa shape index (κ1) is 12.1. The first-order valence-corrected chi connectivity index (χ1v) is 7.14. The minimum atomic E-state index is -0.0695. The quantitative estimate of drug-likeness (QED) is 0.844. The van der Waals surface area contributed by atoms with Crippen LogP contribution in [0, 0.1) is 0 Å². The summed E-state index contributed by atoms with van der Waals surface area (Å²) in [6.07, 6.45) is 1.98. The van der Waals surface area contributed by atoms with Gasteiger partial charge in [0.2, 0.25) is 0 Å². The molecule has 3 nitrogen and oxygen atoms in total. The highest BCUT2D eigenvalue weighted by atomic mass is 32.2. The molecular formula is C14H18N2OS. The highest BCUT2D eigenvalue weighted by molar-refractivity contribution is 8.15. The predicted molar refractivity (Wildman–Crippen MR) is 75.7 cm³/mol. The summed E-state index contributed by atoms with van der Waals surface area (Å²) in [5.41, 5.74) is 4.47. The molecule has 18 heavy (non-hydrogen) atoms. The zero-order chi connectivity index (χ0) is 12.6. The second kappa shape index (κ2) is 4.28. The third kappa shape index (κ3) is 2.27. The van der Waals surface area contributed by atoms with Gasteiger partial charge < -0.3 is 4.74 Å². The molecule has 0 radical (unpaired) electrons. The van der Waals surface area contributed by atoms with Crippen LogP contribution in [0.1, 0.15) is 32.3 Å². The number of ether oxygens (including phenoxy) is 1. The summed E-state index contributed by atoms with van der Waals surface area (Å²) < 4.78 is 5.79. The van der Waals surface area contributed by atoms with Crippen LogP contribution >= 0.6 is 11.8 Å². The van der Waals surface area contributed by atoms with E-state index in [1.54, 1.807) is 0 Å². The van der Waals surface area contributed by atoms with Gasteiger partial charge in [-0.3, -0.25) is 5.43 Å². The number of nitrogens with one attached hydrogen (secondary N) is 1. The van der Waals surface area contributed by atoms with Gasteiger partial charge in [0, 0.05) is 18.4 Å². The van der Waals surface area contributed by atoms with Crippen LogP contribution in [0.15, 0.2) is 35.4 Å². The molecule has 0 saturated carbocycles. The summed E-state index contributed by atoms with van der Waals surface area (Å²) in [6.45, 7) is 5.10. The van der Waals surface area contributed by atoms with Gasteiger partial charge in [-0.15, -0.1) is 0 Å². The second-order valence-corrected chi connectivity index (χ2v) is 6.90. The van der Waals surface area contributed by atoms with Crippen LogP contribution in [0.5, 0.6) is 0 Å². The largest absolute Gasteiger partial charge is 0.375 e. The molecular weight excluding hydrogens is 244 g/mol. The molecule has 1 saturated heterocycles. The van der Waals surface area contributed by atoms with E-state index in [1.807, 2.05) is 17.8 Å². The zero-order valence-corrected chi connectivity index (χ0v) is 11.6.